The van der Waals surface area contributed by atoms with Gasteiger partial charge in [0, 0.05) is 25.2 Å². The summed E-state index contributed by atoms with van der Waals surface area (Å²) in [4.78, 5) is 12.3. The number of hydrogen-bond acceptors (Lipinski definition) is 3. The second-order valence-electron chi connectivity index (χ2n) is 6.76. The van der Waals surface area contributed by atoms with Gasteiger partial charge in [0.2, 0.25) is 10.0 Å². The molecular weight excluding hydrogens is 312 g/mol. The van der Waals surface area contributed by atoms with Crippen LogP contribution in [0.25, 0.3) is 0 Å². The van der Waals surface area contributed by atoms with Crippen LogP contribution < -0.4 is 5.32 Å². The van der Waals surface area contributed by atoms with Crippen molar-refractivity contribution in [2.45, 2.75) is 37.5 Å². The van der Waals surface area contributed by atoms with Crippen LogP contribution in [0.3, 0.4) is 0 Å². The third kappa shape index (κ3) is 3.93. The summed E-state index contributed by atoms with van der Waals surface area (Å²) in [6.45, 7) is 4.02. The van der Waals surface area contributed by atoms with E-state index in [0.29, 0.717) is 37.0 Å². The van der Waals surface area contributed by atoms with Gasteiger partial charge in [-0.3, -0.25) is 4.79 Å². The monoisotopic (exact) mass is 336 g/mol. The second kappa shape index (κ2) is 6.61. The Hall–Kier alpha value is -1.40. The van der Waals surface area contributed by atoms with E-state index in [4.69, 9.17) is 0 Å². The predicted molar refractivity (Wildman–Crippen MR) is 88.7 cm³/mol. The van der Waals surface area contributed by atoms with Crippen molar-refractivity contribution < 1.29 is 13.2 Å². The Morgan fingerprint density at radius 1 is 1.13 bits per heavy atom. The Morgan fingerprint density at radius 3 is 2.30 bits per heavy atom. The summed E-state index contributed by atoms with van der Waals surface area (Å²) in [6, 6.07) is 6.28. The van der Waals surface area contributed by atoms with Gasteiger partial charge in [-0.25, -0.2) is 8.42 Å². The molecule has 1 aliphatic carbocycles. The quantitative estimate of drug-likeness (QED) is 0.897. The number of sulfonamides is 1. The molecule has 1 saturated heterocycles. The Bertz CT molecular complexity index is 658. The van der Waals surface area contributed by atoms with Crippen molar-refractivity contribution >= 4 is 15.9 Å². The van der Waals surface area contributed by atoms with Gasteiger partial charge in [0.25, 0.3) is 5.91 Å². The normalized spacial score (nSPS) is 20.4. The van der Waals surface area contributed by atoms with E-state index in [1.807, 2.05) is 0 Å². The van der Waals surface area contributed by atoms with Gasteiger partial charge in [-0.2, -0.15) is 4.31 Å². The minimum Gasteiger partial charge on any atom is -0.352 e. The van der Waals surface area contributed by atoms with Crippen LogP contribution in [0, 0.1) is 11.8 Å². The molecular formula is C17H24N2O3S. The Kier molecular flexibility index (Phi) is 4.73. The number of carbonyl (C=O) groups is 1. The molecule has 1 aromatic rings. The predicted octanol–water partition coefficient (Wildman–Crippen LogP) is 2.25. The topological polar surface area (TPSA) is 66.5 Å². The zero-order valence-electron chi connectivity index (χ0n) is 13.5. The van der Waals surface area contributed by atoms with Crippen molar-refractivity contribution in [3.63, 3.8) is 0 Å². The van der Waals surface area contributed by atoms with Crippen LogP contribution in [-0.2, 0) is 10.0 Å². The number of rotatable bonds is 5. The molecule has 5 nitrogen and oxygen atoms in total. The smallest absolute Gasteiger partial charge is 0.251 e. The summed E-state index contributed by atoms with van der Waals surface area (Å²) in [5.41, 5.74) is 0.511. The minimum absolute atomic E-state index is 0.132. The van der Waals surface area contributed by atoms with Crippen LogP contribution in [0.4, 0.5) is 0 Å². The number of piperidine rings is 1. The minimum atomic E-state index is -3.44. The molecule has 126 valence electrons. The average molecular weight is 336 g/mol. The molecule has 23 heavy (non-hydrogen) atoms. The molecule has 1 heterocycles. The van der Waals surface area contributed by atoms with Crippen molar-refractivity contribution in [1.29, 1.82) is 0 Å². The SMILES string of the molecule is CC1CCN(S(=O)(=O)c2ccc(C(=O)NCC3CC3)cc2)CC1. The van der Waals surface area contributed by atoms with E-state index in [2.05, 4.69) is 12.2 Å². The summed E-state index contributed by atoms with van der Waals surface area (Å²) >= 11 is 0. The molecule has 1 saturated carbocycles. The molecule has 0 unspecified atom stereocenters. The highest BCUT2D eigenvalue weighted by atomic mass is 32.2. The maximum Gasteiger partial charge on any atom is 0.251 e. The first-order valence-electron chi connectivity index (χ1n) is 8.35. The Morgan fingerprint density at radius 2 is 1.74 bits per heavy atom. The van der Waals surface area contributed by atoms with Crippen molar-refractivity contribution in [3.05, 3.63) is 29.8 Å². The summed E-state index contributed by atoms with van der Waals surface area (Å²) in [5, 5.41) is 2.89. The van der Waals surface area contributed by atoms with E-state index >= 15 is 0 Å². The summed E-state index contributed by atoms with van der Waals surface area (Å²) < 4.78 is 26.8. The highest BCUT2D eigenvalue weighted by Gasteiger charge is 2.28. The number of nitrogens with one attached hydrogen (secondary N) is 1. The zero-order chi connectivity index (χ0) is 16.4. The number of benzene rings is 1. The molecule has 6 heteroatoms. The molecule has 1 N–H and O–H groups in total. The number of nitrogens with zero attached hydrogens (tertiary/aromatic N) is 1. The Labute approximate surface area is 138 Å². The van der Waals surface area contributed by atoms with Gasteiger partial charge in [0.05, 0.1) is 4.90 Å². The molecule has 0 bridgehead atoms. The lowest BCUT2D eigenvalue weighted by atomic mass is 10.0. The lowest BCUT2D eigenvalue weighted by Gasteiger charge is -2.29. The third-order valence-electron chi connectivity index (χ3n) is 4.75. The highest BCUT2D eigenvalue weighted by molar-refractivity contribution is 7.89. The van der Waals surface area contributed by atoms with Crippen LogP contribution in [0.15, 0.2) is 29.2 Å². The fourth-order valence-corrected chi connectivity index (χ4v) is 4.28. The summed E-state index contributed by atoms with van der Waals surface area (Å²) in [7, 11) is -3.44. The van der Waals surface area contributed by atoms with Gasteiger partial charge in [0.1, 0.15) is 0 Å². The van der Waals surface area contributed by atoms with E-state index in [1.165, 1.54) is 12.8 Å². The van der Waals surface area contributed by atoms with Crippen LogP contribution in [0.5, 0.6) is 0 Å². The highest BCUT2D eigenvalue weighted by Crippen LogP contribution is 2.27. The number of amides is 1. The maximum absolute atomic E-state index is 12.6. The van der Waals surface area contributed by atoms with E-state index in [9.17, 15) is 13.2 Å². The van der Waals surface area contributed by atoms with Gasteiger partial charge in [-0.05, 0) is 61.8 Å². The molecule has 1 amide bonds. The van der Waals surface area contributed by atoms with Crippen molar-refractivity contribution in [3.8, 4) is 0 Å². The molecule has 1 aliphatic heterocycles. The van der Waals surface area contributed by atoms with Crippen molar-refractivity contribution in [2.24, 2.45) is 11.8 Å². The molecule has 2 fully saturated rings. The van der Waals surface area contributed by atoms with Gasteiger partial charge in [0.15, 0.2) is 0 Å². The van der Waals surface area contributed by atoms with E-state index < -0.39 is 10.0 Å². The molecule has 0 atom stereocenters. The van der Waals surface area contributed by atoms with Crippen LogP contribution >= 0.6 is 0 Å². The summed E-state index contributed by atoms with van der Waals surface area (Å²) in [6.07, 6.45) is 4.18. The van der Waals surface area contributed by atoms with Crippen LogP contribution in [0.2, 0.25) is 0 Å². The summed E-state index contributed by atoms with van der Waals surface area (Å²) in [5.74, 6) is 1.08. The Balaban J connectivity index is 1.66. The van der Waals surface area contributed by atoms with E-state index in [-0.39, 0.29) is 10.8 Å². The van der Waals surface area contributed by atoms with Gasteiger partial charge < -0.3 is 5.32 Å². The van der Waals surface area contributed by atoms with Crippen molar-refractivity contribution in [2.75, 3.05) is 19.6 Å². The fraction of sp³-hybridized carbons (Fsp3) is 0.588. The fourth-order valence-electron chi connectivity index (χ4n) is 2.81. The lowest BCUT2D eigenvalue weighted by Crippen LogP contribution is -2.37. The van der Waals surface area contributed by atoms with Gasteiger partial charge >= 0.3 is 0 Å². The first kappa shape index (κ1) is 16.5. The number of carbonyl (C=O) groups excluding carboxylic acids is 1. The molecule has 0 aromatic heterocycles. The standard InChI is InChI=1S/C17H24N2O3S/c1-13-8-10-19(11-9-13)23(21,22)16-6-4-15(5-7-16)17(20)18-12-14-2-3-14/h4-7,13-14H,2-3,8-12H2,1H3,(H,18,20). The van der Waals surface area contributed by atoms with E-state index in [0.717, 1.165) is 12.8 Å². The average Bonchev–Trinajstić information content (AvgIpc) is 3.37. The van der Waals surface area contributed by atoms with Gasteiger partial charge in [-0.15, -0.1) is 0 Å². The van der Waals surface area contributed by atoms with Crippen LogP contribution in [-0.4, -0.2) is 38.3 Å². The van der Waals surface area contributed by atoms with E-state index in [1.54, 1.807) is 28.6 Å². The van der Waals surface area contributed by atoms with Crippen molar-refractivity contribution in [1.82, 2.24) is 9.62 Å². The lowest BCUT2D eigenvalue weighted by molar-refractivity contribution is 0.0951. The number of hydrogen-bond donors (Lipinski definition) is 1. The molecule has 0 spiro atoms. The maximum atomic E-state index is 12.6. The third-order valence-corrected chi connectivity index (χ3v) is 6.66. The second-order valence-corrected chi connectivity index (χ2v) is 8.70. The van der Waals surface area contributed by atoms with Crippen LogP contribution in [0.1, 0.15) is 43.0 Å². The molecule has 0 radical (unpaired) electrons. The first-order chi connectivity index (χ1) is 11.0. The zero-order valence-corrected chi connectivity index (χ0v) is 14.3. The molecule has 3 rings (SSSR count). The van der Waals surface area contributed by atoms with Gasteiger partial charge in [-0.1, -0.05) is 6.92 Å². The molecule has 1 aromatic carbocycles. The largest absolute Gasteiger partial charge is 0.352 e. The molecule has 2 aliphatic rings. The first-order valence-corrected chi connectivity index (χ1v) is 9.79.